The Morgan fingerprint density at radius 3 is 2.77 bits per heavy atom. The van der Waals surface area contributed by atoms with Crippen molar-refractivity contribution in [1.82, 2.24) is 4.90 Å². The number of carboxylic acids is 1. The van der Waals surface area contributed by atoms with Crippen LogP contribution in [0.3, 0.4) is 0 Å². The summed E-state index contributed by atoms with van der Waals surface area (Å²) in [6.45, 7) is 3.03. The van der Waals surface area contributed by atoms with E-state index in [1.54, 1.807) is 0 Å². The summed E-state index contributed by atoms with van der Waals surface area (Å²) < 4.78 is 44.0. The Morgan fingerprint density at radius 2 is 2.04 bits per heavy atom. The van der Waals surface area contributed by atoms with Gasteiger partial charge in [0.2, 0.25) is 0 Å². The molecule has 1 N–H and O–H groups in total. The van der Waals surface area contributed by atoms with Gasteiger partial charge in [0.15, 0.2) is 0 Å². The van der Waals surface area contributed by atoms with Gasteiger partial charge in [0.25, 0.3) is 0 Å². The minimum atomic E-state index is -4.41. The van der Waals surface area contributed by atoms with Crippen molar-refractivity contribution in [2.24, 2.45) is 5.92 Å². The van der Waals surface area contributed by atoms with E-state index in [-0.39, 0.29) is 18.8 Å². The third-order valence-electron chi connectivity index (χ3n) is 4.69. The van der Waals surface area contributed by atoms with E-state index in [9.17, 15) is 18.0 Å². The van der Waals surface area contributed by atoms with Crippen LogP contribution in [0.1, 0.15) is 44.1 Å². The first kappa shape index (κ1) is 20.6. The smallest absolute Gasteiger partial charge is 0.419 e. The predicted molar refractivity (Wildman–Crippen MR) is 92.2 cm³/mol. The number of aliphatic carboxylic acids is 1. The van der Waals surface area contributed by atoms with Crippen molar-refractivity contribution in [3.63, 3.8) is 0 Å². The van der Waals surface area contributed by atoms with E-state index in [0.29, 0.717) is 18.8 Å². The number of para-hydroxylation sites is 1. The topological polar surface area (TPSA) is 49.8 Å². The summed E-state index contributed by atoms with van der Waals surface area (Å²) >= 11 is 0. The zero-order chi connectivity index (χ0) is 19.0. The molecular weight excluding hydrogens is 347 g/mol. The summed E-state index contributed by atoms with van der Waals surface area (Å²) in [5.74, 6) is -0.445. The molecule has 7 heteroatoms. The number of carbonyl (C=O) groups is 1. The van der Waals surface area contributed by atoms with Gasteiger partial charge in [-0.05, 0) is 63.2 Å². The van der Waals surface area contributed by atoms with Crippen molar-refractivity contribution in [2.45, 2.75) is 44.7 Å². The average Bonchev–Trinajstić information content (AvgIpc) is 2.59. The molecule has 0 bridgehead atoms. The fourth-order valence-electron chi connectivity index (χ4n) is 3.36. The molecule has 1 unspecified atom stereocenters. The lowest BCUT2D eigenvalue weighted by molar-refractivity contribution is -0.139. The molecule has 26 heavy (non-hydrogen) atoms. The van der Waals surface area contributed by atoms with Gasteiger partial charge in [0.1, 0.15) is 5.75 Å². The van der Waals surface area contributed by atoms with E-state index >= 15 is 0 Å². The number of alkyl halides is 3. The summed E-state index contributed by atoms with van der Waals surface area (Å²) in [4.78, 5) is 13.0. The summed E-state index contributed by atoms with van der Waals surface area (Å²) in [7, 11) is 0. The van der Waals surface area contributed by atoms with E-state index < -0.39 is 17.7 Å². The van der Waals surface area contributed by atoms with Crippen molar-refractivity contribution < 1.29 is 27.8 Å². The maximum Gasteiger partial charge on any atom is 0.419 e. The molecule has 0 saturated carbocycles. The fourth-order valence-corrected chi connectivity index (χ4v) is 3.36. The van der Waals surface area contributed by atoms with E-state index in [1.807, 2.05) is 0 Å². The van der Waals surface area contributed by atoms with Gasteiger partial charge in [-0.1, -0.05) is 12.1 Å². The number of unbranched alkanes of at least 4 members (excludes halogenated alkanes) is 1. The van der Waals surface area contributed by atoms with Crippen molar-refractivity contribution >= 4 is 5.97 Å². The van der Waals surface area contributed by atoms with Gasteiger partial charge in [-0.15, -0.1) is 0 Å². The van der Waals surface area contributed by atoms with Crippen molar-refractivity contribution in [3.05, 3.63) is 29.8 Å². The first-order valence-corrected chi connectivity index (χ1v) is 9.09. The van der Waals surface area contributed by atoms with Crippen LogP contribution in [0.15, 0.2) is 24.3 Å². The second kappa shape index (κ2) is 9.80. The second-order valence-electron chi connectivity index (χ2n) is 6.79. The minimum absolute atomic E-state index is 0.119. The number of hydrogen-bond acceptors (Lipinski definition) is 3. The van der Waals surface area contributed by atoms with E-state index in [0.717, 1.165) is 45.0 Å². The van der Waals surface area contributed by atoms with E-state index in [1.165, 1.54) is 18.2 Å². The maximum atomic E-state index is 12.9. The summed E-state index contributed by atoms with van der Waals surface area (Å²) in [6, 6.07) is 5.27. The zero-order valence-electron chi connectivity index (χ0n) is 14.8. The monoisotopic (exact) mass is 373 g/mol. The number of benzene rings is 1. The Morgan fingerprint density at radius 1 is 1.27 bits per heavy atom. The largest absolute Gasteiger partial charge is 0.493 e. The highest BCUT2D eigenvalue weighted by Crippen LogP contribution is 2.35. The molecular formula is C19H26F3NO3. The minimum Gasteiger partial charge on any atom is -0.493 e. The molecule has 4 nitrogen and oxygen atoms in total. The van der Waals surface area contributed by atoms with Gasteiger partial charge in [-0.2, -0.15) is 13.2 Å². The molecule has 1 aromatic rings. The lowest BCUT2D eigenvalue weighted by atomic mass is 9.93. The Hall–Kier alpha value is -1.76. The van der Waals surface area contributed by atoms with Crippen LogP contribution in [-0.4, -0.2) is 42.2 Å². The Balaban J connectivity index is 1.67. The first-order chi connectivity index (χ1) is 12.4. The molecule has 0 amide bonds. The van der Waals surface area contributed by atoms with E-state index in [2.05, 4.69) is 4.90 Å². The van der Waals surface area contributed by atoms with Gasteiger partial charge in [0, 0.05) is 13.0 Å². The zero-order valence-corrected chi connectivity index (χ0v) is 14.8. The predicted octanol–water partition coefficient (Wildman–Crippen LogP) is 4.44. The molecule has 0 radical (unpaired) electrons. The van der Waals surface area contributed by atoms with Crippen LogP contribution in [-0.2, 0) is 11.0 Å². The molecule has 1 fully saturated rings. The number of ether oxygens (including phenoxy) is 1. The fraction of sp³-hybridized carbons (Fsp3) is 0.632. The molecule has 1 aliphatic heterocycles. The molecule has 146 valence electrons. The molecule has 1 saturated heterocycles. The van der Waals surface area contributed by atoms with Crippen LogP contribution in [0.25, 0.3) is 0 Å². The van der Waals surface area contributed by atoms with Crippen molar-refractivity contribution in [2.75, 3.05) is 26.2 Å². The lowest BCUT2D eigenvalue weighted by Crippen LogP contribution is -2.36. The molecule has 1 aromatic carbocycles. The Bertz CT molecular complexity index is 577. The number of rotatable bonds is 9. The quantitative estimate of drug-likeness (QED) is 0.650. The number of nitrogens with zero attached hydrogens (tertiary/aromatic N) is 1. The third-order valence-corrected chi connectivity index (χ3v) is 4.69. The molecule has 1 atom stereocenters. The lowest BCUT2D eigenvalue weighted by Gasteiger charge is -2.32. The van der Waals surface area contributed by atoms with Crippen LogP contribution in [0, 0.1) is 5.92 Å². The van der Waals surface area contributed by atoms with Crippen LogP contribution in [0.4, 0.5) is 13.2 Å². The van der Waals surface area contributed by atoms with Gasteiger partial charge >= 0.3 is 12.1 Å². The Labute approximate surface area is 151 Å². The Kier molecular flexibility index (Phi) is 7.75. The first-order valence-electron chi connectivity index (χ1n) is 9.09. The summed E-state index contributed by atoms with van der Waals surface area (Å²) in [6.07, 6.45) is 0.187. The van der Waals surface area contributed by atoms with Crippen molar-refractivity contribution in [3.8, 4) is 5.75 Å². The second-order valence-corrected chi connectivity index (χ2v) is 6.79. The molecule has 2 rings (SSSR count). The third kappa shape index (κ3) is 6.86. The average molecular weight is 373 g/mol. The van der Waals surface area contributed by atoms with Gasteiger partial charge in [-0.3, -0.25) is 4.79 Å². The van der Waals surface area contributed by atoms with Crippen LogP contribution in [0.2, 0.25) is 0 Å². The molecule has 0 spiro atoms. The SMILES string of the molecule is O=C(O)CCC1CCCN(CCCCOc2ccccc2C(F)(F)F)C1. The van der Waals surface area contributed by atoms with Crippen LogP contribution < -0.4 is 4.74 Å². The highest BCUT2D eigenvalue weighted by Gasteiger charge is 2.33. The normalized spacial score (nSPS) is 18.7. The number of hydrogen-bond donors (Lipinski definition) is 1. The van der Waals surface area contributed by atoms with Crippen LogP contribution in [0.5, 0.6) is 5.75 Å². The highest BCUT2D eigenvalue weighted by atomic mass is 19.4. The molecule has 1 aliphatic rings. The van der Waals surface area contributed by atoms with Gasteiger partial charge < -0.3 is 14.7 Å². The molecule has 0 aromatic heterocycles. The number of likely N-dealkylation sites (tertiary alicyclic amines) is 1. The van der Waals surface area contributed by atoms with Crippen LogP contribution >= 0.6 is 0 Å². The number of carboxylic acid groups (broad SMARTS) is 1. The summed E-state index contributed by atoms with van der Waals surface area (Å²) in [5, 5.41) is 8.78. The number of halogens is 3. The molecule has 1 heterocycles. The van der Waals surface area contributed by atoms with Gasteiger partial charge in [-0.25, -0.2) is 0 Å². The highest BCUT2D eigenvalue weighted by molar-refractivity contribution is 5.66. The van der Waals surface area contributed by atoms with Crippen molar-refractivity contribution in [1.29, 1.82) is 0 Å². The standard InChI is InChI=1S/C19H26F3NO3/c20-19(21,22)16-7-1-2-8-17(16)26-13-4-3-11-23-12-5-6-15(14-23)9-10-18(24)25/h1-2,7-8,15H,3-6,9-14H2,(H,24,25). The van der Waals surface area contributed by atoms with E-state index in [4.69, 9.17) is 9.84 Å². The number of piperidine rings is 1. The van der Waals surface area contributed by atoms with Gasteiger partial charge in [0.05, 0.1) is 12.2 Å². The molecule has 0 aliphatic carbocycles. The maximum absolute atomic E-state index is 12.9. The summed E-state index contributed by atoms with van der Waals surface area (Å²) in [5.41, 5.74) is -0.739.